The average Bonchev–Trinajstić information content (AvgIpc) is 1.41. The Morgan fingerprint density at radius 3 is 2.40 bits per heavy atom. The molecule has 0 aliphatic carbocycles. The summed E-state index contributed by atoms with van der Waals surface area (Å²) in [4.78, 5) is 0. The molecule has 5 heavy (non-hydrogen) atoms. The standard InChI is InChI=1S/C4H5.Li/c1-3-4-2;/h3H2,1H3;. The van der Waals surface area contributed by atoms with Crippen molar-refractivity contribution in [2.24, 2.45) is 0 Å². The van der Waals surface area contributed by atoms with Crippen LogP contribution in [-0.4, -0.2) is 17.7 Å². The number of hydrogen-bond donors (Lipinski definition) is 0. The molecule has 1 heteroatoms. The molecule has 0 unspecified atom stereocenters. The van der Waals surface area contributed by atoms with Crippen LogP contribution >= 0.6 is 0 Å². The fourth-order valence-corrected chi connectivity index (χ4v) is 0.177. The van der Waals surface area contributed by atoms with Gasteiger partial charge in [0.15, 0.2) is 0 Å². The van der Waals surface area contributed by atoms with Crippen LogP contribution in [0.2, 0.25) is 0 Å². The molecule has 0 N–H and O–H groups in total. The molecule has 0 aromatic carbocycles. The van der Waals surface area contributed by atoms with E-state index in [0.717, 1.165) is 6.42 Å². The van der Waals surface area contributed by atoms with E-state index >= 15 is 0 Å². The minimum absolute atomic E-state index is 0.983. The van der Waals surface area contributed by atoms with Gasteiger partial charge < -0.3 is 0 Å². The Labute approximate surface area is 42.2 Å². The molecule has 0 atom stereocenters. The number of hydrogen-bond acceptors (Lipinski definition) is 0. The first-order valence-corrected chi connectivity index (χ1v) is 1.81. The summed E-state index contributed by atoms with van der Waals surface area (Å²) < 4.78 is 2.77. The van der Waals surface area contributed by atoms with E-state index in [1.807, 2.05) is 24.6 Å². The van der Waals surface area contributed by atoms with Crippen LogP contribution in [0.15, 0.2) is 0 Å². The molecule has 0 aromatic rings. The van der Waals surface area contributed by atoms with Gasteiger partial charge in [0.25, 0.3) is 0 Å². The second-order valence-electron chi connectivity index (χ2n) is 0.780. The van der Waals surface area contributed by atoms with Gasteiger partial charge in [0.1, 0.15) is 0 Å². The van der Waals surface area contributed by atoms with E-state index in [2.05, 4.69) is 10.5 Å². The van der Waals surface area contributed by atoms with E-state index < -0.39 is 0 Å². The van der Waals surface area contributed by atoms with Crippen LogP contribution in [0.1, 0.15) is 13.3 Å². The summed E-state index contributed by atoms with van der Waals surface area (Å²) in [5.41, 5.74) is 0. The molecule has 0 fully saturated rings. The zero-order valence-corrected chi connectivity index (χ0v) is 3.71. The maximum absolute atomic E-state index is 2.86. The molecule has 0 aliphatic heterocycles. The summed E-state index contributed by atoms with van der Waals surface area (Å²) in [7, 11) is 0. The second kappa shape index (κ2) is 4.16. The average molecular weight is 60.0 g/mol. The van der Waals surface area contributed by atoms with Gasteiger partial charge in [0.2, 0.25) is 0 Å². The van der Waals surface area contributed by atoms with Gasteiger partial charge in [0, 0.05) is 0 Å². The van der Waals surface area contributed by atoms with E-state index in [1.54, 1.807) is 0 Å². The van der Waals surface area contributed by atoms with E-state index in [0.29, 0.717) is 0 Å². The van der Waals surface area contributed by atoms with Crippen molar-refractivity contribution in [1.82, 2.24) is 0 Å². The monoisotopic (exact) mass is 60.1 g/mol. The third kappa shape index (κ3) is 4.16. The quantitative estimate of drug-likeness (QED) is 0.282. The van der Waals surface area contributed by atoms with Gasteiger partial charge >= 0.3 is 41.6 Å². The Bertz CT molecular complexity index is 55.8. The van der Waals surface area contributed by atoms with Gasteiger partial charge in [-0.2, -0.15) is 0 Å². The Morgan fingerprint density at radius 1 is 1.80 bits per heavy atom. The molecule has 0 rings (SSSR count). The molecule has 0 saturated heterocycles. The van der Waals surface area contributed by atoms with Crippen molar-refractivity contribution >= 4 is 17.7 Å². The molecule has 0 amide bonds. The van der Waals surface area contributed by atoms with Gasteiger partial charge in [-0.3, -0.25) is 0 Å². The Kier molecular flexibility index (Phi) is 4.29. The molecular formula is C4H5Li. The SMILES string of the molecule is [Li][C]#CCC. The fourth-order valence-electron chi connectivity index (χ4n) is 0.177. The first kappa shape index (κ1) is 5.16. The first-order chi connectivity index (χ1) is 2.41. The van der Waals surface area contributed by atoms with Gasteiger partial charge in [-0.05, 0) is 0 Å². The summed E-state index contributed by atoms with van der Waals surface area (Å²) in [5, 5.41) is 0. The molecule has 0 spiro atoms. The van der Waals surface area contributed by atoms with Crippen molar-refractivity contribution in [1.29, 1.82) is 0 Å². The van der Waals surface area contributed by atoms with E-state index in [9.17, 15) is 0 Å². The third-order valence-corrected chi connectivity index (χ3v) is 0.354. The van der Waals surface area contributed by atoms with Crippen LogP contribution in [0.4, 0.5) is 0 Å². The fraction of sp³-hybridized carbons (Fsp3) is 0.500. The van der Waals surface area contributed by atoms with Gasteiger partial charge in [0.05, 0.1) is 0 Å². The topological polar surface area (TPSA) is 0 Å². The molecule has 0 saturated carbocycles. The molecule has 0 radical (unpaired) electrons. The van der Waals surface area contributed by atoms with Crippen LogP contribution in [0.25, 0.3) is 0 Å². The molecule has 22 valence electrons. The minimum atomic E-state index is 0.983. The Morgan fingerprint density at radius 2 is 2.40 bits per heavy atom. The van der Waals surface area contributed by atoms with Crippen molar-refractivity contribution < 1.29 is 0 Å². The van der Waals surface area contributed by atoms with Crippen molar-refractivity contribution in [3.8, 4) is 10.5 Å². The molecule has 0 nitrogen and oxygen atoms in total. The normalized spacial score (nSPS) is 5.40. The zero-order valence-electron chi connectivity index (χ0n) is 3.71. The summed E-state index contributed by atoms with van der Waals surface area (Å²) in [6, 6.07) is 0. The Balaban J connectivity index is 2.81. The summed E-state index contributed by atoms with van der Waals surface area (Å²) in [5.74, 6) is 2.86. The summed E-state index contributed by atoms with van der Waals surface area (Å²) in [6.07, 6.45) is 0.983. The second-order valence-corrected chi connectivity index (χ2v) is 0.780. The van der Waals surface area contributed by atoms with E-state index in [4.69, 9.17) is 0 Å². The van der Waals surface area contributed by atoms with E-state index in [1.165, 1.54) is 0 Å². The van der Waals surface area contributed by atoms with Crippen molar-refractivity contribution in [3.05, 3.63) is 0 Å². The predicted octanol–water partition coefficient (Wildman–Crippen LogP) is 0.526. The van der Waals surface area contributed by atoms with Crippen molar-refractivity contribution in [2.75, 3.05) is 0 Å². The van der Waals surface area contributed by atoms with Gasteiger partial charge in [-0.15, -0.1) is 0 Å². The maximum atomic E-state index is 2.86. The number of rotatable bonds is 0. The summed E-state index contributed by atoms with van der Waals surface area (Å²) >= 11 is 1.85. The van der Waals surface area contributed by atoms with Crippen molar-refractivity contribution in [2.45, 2.75) is 13.3 Å². The van der Waals surface area contributed by atoms with Crippen LogP contribution < -0.4 is 0 Å². The van der Waals surface area contributed by atoms with Crippen LogP contribution in [-0.2, 0) is 0 Å². The van der Waals surface area contributed by atoms with Crippen molar-refractivity contribution in [3.63, 3.8) is 0 Å². The summed E-state index contributed by atoms with van der Waals surface area (Å²) in [6.45, 7) is 2.04. The molecular weight excluding hydrogens is 55.0 g/mol. The van der Waals surface area contributed by atoms with E-state index in [-0.39, 0.29) is 0 Å². The molecule has 0 aliphatic rings. The predicted molar refractivity (Wildman–Crippen MR) is 23.8 cm³/mol. The van der Waals surface area contributed by atoms with Crippen LogP contribution in [0, 0.1) is 10.5 Å². The first-order valence-electron chi connectivity index (χ1n) is 1.81. The van der Waals surface area contributed by atoms with Crippen LogP contribution in [0.3, 0.4) is 0 Å². The third-order valence-electron chi connectivity index (χ3n) is 0.354. The molecule has 0 aromatic heterocycles. The zero-order chi connectivity index (χ0) is 4.12. The van der Waals surface area contributed by atoms with Gasteiger partial charge in [-0.25, -0.2) is 0 Å². The van der Waals surface area contributed by atoms with Crippen LogP contribution in [0.5, 0.6) is 0 Å². The molecule has 0 heterocycles. The van der Waals surface area contributed by atoms with Gasteiger partial charge in [-0.1, -0.05) is 0 Å². The molecule has 0 bridgehead atoms. The Hall–Kier alpha value is 0.157.